The normalized spacial score (nSPS) is 11.4. The molecule has 1 amide bonds. The van der Waals surface area contributed by atoms with Gasteiger partial charge in [0.25, 0.3) is 5.91 Å². The lowest BCUT2D eigenvalue weighted by Crippen LogP contribution is -2.27. The molecular weight excluding hydrogens is 460 g/mol. The smallest absolute Gasteiger partial charge is 0.253 e. The maximum Gasteiger partial charge on any atom is 0.253 e. The summed E-state index contributed by atoms with van der Waals surface area (Å²) in [4.78, 5) is 14.8. The van der Waals surface area contributed by atoms with Gasteiger partial charge in [0.05, 0.1) is 17.6 Å². The summed E-state index contributed by atoms with van der Waals surface area (Å²) in [6, 6.07) is 24.1. The van der Waals surface area contributed by atoms with Crippen molar-refractivity contribution in [1.29, 1.82) is 0 Å². The number of carbonyl (C=O) groups excluding carboxylic acids is 1. The fourth-order valence-electron chi connectivity index (χ4n) is 3.79. The van der Waals surface area contributed by atoms with Gasteiger partial charge in [-0.2, -0.15) is 5.10 Å². The van der Waals surface area contributed by atoms with Gasteiger partial charge in [-0.05, 0) is 35.7 Å². The highest BCUT2D eigenvalue weighted by molar-refractivity contribution is 7.89. The minimum Gasteiger partial charge on any atom is -0.337 e. The molecule has 0 unspecified atom stereocenters. The molecule has 0 aliphatic rings. The van der Waals surface area contributed by atoms with Gasteiger partial charge in [0, 0.05) is 37.5 Å². The number of benzene rings is 3. The molecule has 0 saturated carbocycles. The quantitative estimate of drug-likeness (QED) is 0.386. The lowest BCUT2D eigenvalue weighted by Gasteiger charge is -2.17. The first-order valence-electron chi connectivity index (χ1n) is 11.3. The zero-order valence-corrected chi connectivity index (χ0v) is 20.6. The zero-order chi connectivity index (χ0) is 24.8. The van der Waals surface area contributed by atoms with E-state index in [9.17, 15) is 13.2 Å². The summed E-state index contributed by atoms with van der Waals surface area (Å²) in [5, 5.41) is 4.39. The number of amides is 1. The number of nitrogens with one attached hydrogen (secondary N) is 1. The molecule has 0 aliphatic heterocycles. The van der Waals surface area contributed by atoms with Gasteiger partial charge in [0.1, 0.15) is 0 Å². The molecule has 4 rings (SSSR count). The van der Waals surface area contributed by atoms with Gasteiger partial charge in [-0.1, -0.05) is 66.7 Å². The van der Waals surface area contributed by atoms with E-state index < -0.39 is 10.0 Å². The number of hydrogen-bond donors (Lipinski definition) is 1. The summed E-state index contributed by atoms with van der Waals surface area (Å²) < 4.78 is 30.4. The molecular formula is C27H28N4O3S. The van der Waals surface area contributed by atoms with Crippen LogP contribution in [0.5, 0.6) is 0 Å². The maximum absolute atomic E-state index is 13.1. The highest BCUT2D eigenvalue weighted by Gasteiger charge is 2.21. The molecule has 7 nitrogen and oxygen atoms in total. The van der Waals surface area contributed by atoms with Crippen LogP contribution in [0.15, 0.2) is 96.2 Å². The number of nitrogens with zero attached hydrogens (tertiary/aromatic N) is 3. The van der Waals surface area contributed by atoms with Crippen molar-refractivity contribution in [3.05, 3.63) is 119 Å². The van der Waals surface area contributed by atoms with E-state index in [1.807, 2.05) is 71.5 Å². The second-order valence-corrected chi connectivity index (χ2v) is 10.2. The van der Waals surface area contributed by atoms with Crippen LogP contribution in [0, 0.1) is 6.92 Å². The second kappa shape index (κ2) is 10.7. The van der Waals surface area contributed by atoms with Crippen LogP contribution in [0.4, 0.5) is 0 Å². The summed E-state index contributed by atoms with van der Waals surface area (Å²) >= 11 is 0. The van der Waals surface area contributed by atoms with Crippen LogP contribution in [-0.2, 0) is 29.7 Å². The first kappa shape index (κ1) is 24.4. The molecule has 3 aromatic carbocycles. The van der Waals surface area contributed by atoms with Gasteiger partial charge in [-0.3, -0.25) is 9.48 Å². The number of sulfonamides is 1. The van der Waals surface area contributed by atoms with Crippen molar-refractivity contribution in [1.82, 2.24) is 19.4 Å². The molecule has 1 N–H and O–H groups in total. The molecule has 180 valence electrons. The third-order valence-corrected chi connectivity index (χ3v) is 7.22. The average molecular weight is 489 g/mol. The Morgan fingerprint density at radius 2 is 1.60 bits per heavy atom. The summed E-state index contributed by atoms with van der Waals surface area (Å²) in [5.74, 6) is -0.264. The van der Waals surface area contributed by atoms with Gasteiger partial charge in [0.2, 0.25) is 10.0 Å². The third kappa shape index (κ3) is 6.23. The Bertz CT molecular complexity index is 1400. The lowest BCUT2D eigenvalue weighted by molar-refractivity contribution is 0.0785. The van der Waals surface area contributed by atoms with E-state index in [0.717, 1.165) is 16.7 Å². The lowest BCUT2D eigenvalue weighted by atomic mass is 10.1. The fraction of sp³-hybridized carbons (Fsp3) is 0.185. The molecule has 0 atom stereocenters. The number of hydrogen-bond acceptors (Lipinski definition) is 4. The standard InChI is InChI=1S/C27H28N4O3S/c1-21-13-14-25(15-26(21)35(33,34)29-17-22-9-5-3-6-10-22)27(32)30(2)18-24-16-28-31(20-24)19-23-11-7-4-8-12-23/h3-16,20,29H,17-19H2,1-2H3. The van der Waals surface area contributed by atoms with Gasteiger partial charge in [0.15, 0.2) is 0 Å². The predicted molar refractivity (Wildman–Crippen MR) is 135 cm³/mol. The van der Waals surface area contributed by atoms with Crippen molar-refractivity contribution in [2.75, 3.05) is 7.05 Å². The van der Waals surface area contributed by atoms with E-state index in [0.29, 0.717) is 24.2 Å². The topological polar surface area (TPSA) is 84.3 Å². The van der Waals surface area contributed by atoms with Gasteiger partial charge < -0.3 is 4.90 Å². The molecule has 0 aliphatic carbocycles. The molecule has 4 aromatic rings. The van der Waals surface area contributed by atoms with E-state index in [2.05, 4.69) is 9.82 Å². The number of aryl methyl sites for hydroxylation is 1. The number of carbonyl (C=O) groups is 1. The molecule has 0 saturated heterocycles. The van der Waals surface area contributed by atoms with Gasteiger partial charge >= 0.3 is 0 Å². The largest absolute Gasteiger partial charge is 0.337 e. The van der Waals surface area contributed by atoms with Crippen LogP contribution in [0.2, 0.25) is 0 Å². The summed E-state index contributed by atoms with van der Waals surface area (Å²) in [6.07, 6.45) is 3.65. The molecule has 1 aromatic heterocycles. The van der Waals surface area contributed by atoms with Crippen LogP contribution < -0.4 is 4.72 Å². The molecule has 35 heavy (non-hydrogen) atoms. The summed E-state index contributed by atoms with van der Waals surface area (Å²) in [5.41, 5.74) is 3.78. The summed E-state index contributed by atoms with van der Waals surface area (Å²) in [6.45, 7) is 2.90. The van der Waals surface area contributed by atoms with E-state index in [1.54, 1.807) is 37.2 Å². The minimum atomic E-state index is -3.79. The Hall–Kier alpha value is -3.75. The van der Waals surface area contributed by atoms with Crippen LogP contribution in [0.3, 0.4) is 0 Å². The van der Waals surface area contributed by atoms with Crippen LogP contribution in [0.1, 0.15) is 32.6 Å². The number of aromatic nitrogens is 2. The van der Waals surface area contributed by atoms with E-state index in [1.165, 1.54) is 6.07 Å². The Labute approximate surface area is 206 Å². The zero-order valence-electron chi connectivity index (χ0n) is 19.8. The Morgan fingerprint density at radius 3 is 2.29 bits per heavy atom. The van der Waals surface area contributed by atoms with Crippen LogP contribution in [-0.4, -0.2) is 36.1 Å². The highest BCUT2D eigenvalue weighted by atomic mass is 32.2. The van der Waals surface area contributed by atoms with Crippen molar-refractivity contribution in [2.45, 2.75) is 31.5 Å². The van der Waals surface area contributed by atoms with Gasteiger partial charge in [-0.15, -0.1) is 0 Å². The number of rotatable bonds is 9. The van der Waals surface area contributed by atoms with Crippen molar-refractivity contribution in [3.8, 4) is 0 Å². The molecule has 0 radical (unpaired) electrons. The molecule has 0 bridgehead atoms. The monoisotopic (exact) mass is 488 g/mol. The SMILES string of the molecule is Cc1ccc(C(=O)N(C)Cc2cnn(Cc3ccccc3)c2)cc1S(=O)(=O)NCc1ccccc1. The molecule has 1 heterocycles. The third-order valence-electron chi connectivity index (χ3n) is 5.67. The molecule has 0 spiro atoms. The first-order valence-corrected chi connectivity index (χ1v) is 12.7. The van der Waals surface area contributed by atoms with Gasteiger partial charge in [-0.25, -0.2) is 13.1 Å². The fourth-order valence-corrected chi connectivity index (χ4v) is 5.07. The van der Waals surface area contributed by atoms with Crippen LogP contribution >= 0.6 is 0 Å². The minimum absolute atomic E-state index is 0.100. The van der Waals surface area contributed by atoms with Crippen molar-refractivity contribution >= 4 is 15.9 Å². The first-order chi connectivity index (χ1) is 16.8. The Balaban J connectivity index is 1.44. The molecule has 0 fully saturated rings. The van der Waals surface area contributed by atoms with Crippen LogP contribution in [0.25, 0.3) is 0 Å². The van der Waals surface area contributed by atoms with E-state index in [4.69, 9.17) is 0 Å². The second-order valence-electron chi connectivity index (χ2n) is 8.48. The Kier molecular flexibility index (Phi) is 7.43. The van der Waals surface area contributed by atoms with Crippen molar-refractivity contribution < 1.29 is 13.2 Å². The predicted octanol–water partition coefficient (Wildman–Crippen LogP) is 3.99. The van der Waals surface area contributed by atoms with E-state index in [-0.39, 0.29) is 17.3 Å². The van der Waals surface area contributed by atoms with Crippen molar-refractivity contribution in [2.24, 2.45) is 0 Å². The maximum atomic E-state index is 13.1. The molecule has 8 heteroatoms. The summed E-state index contributed by atoms with van der Waals surface area (Å²) in [7, 11) is -2.10. The van der Waals surface area contributed by atoms with Crippen molar-refractivity contribution in [3.63, 3.8) is 0 Å². The Morgan fingerprint density at radius 1 is 0.943 bits per heavy atom. The average Bonchev–Trinajstić information content (AvgIpc) is 3.30. The highest BCUT2D eigenvalue weighted by Crippen LogP contribution is 2.19. The van der Waals surface area contributed by atoms with E-state index >= 15 is 0 Å².